The Balaban J connectivity index is 2.27. The minimum Gasteiger partial charge on any atom is -0.506 e. The van der Waals surface area contributed by atoms with E-state index in [2.05, 4.69) is 0 Å². The fourth-order valence-electron chi connectivity index (χ4n) is 1.52. The van der Waals surface area contributed by atoms with Crippen LogP contribution >= 0.6 is 11.6 Å². The minimum atomic E-state index is 0.180. The molecule has 1 aliphatic carbocycles. The molecule has 0 amide bonds. The maximum atomic E-state index is 9.18. The van der Waals surface area contributed by atoms with E-state index >= 15 is 0 Å². The van der Waals surface area contributed by atoms with Gasteiger partial charge in [0.05, 0.1) is 5.02 Å². The first-order valence-corrected chi connectivity index (χ1v) is 4.63. The van der Waals surface area contributed by atoms with E-state index in [9.17, 15) is 5.11 Å². The van der Waals surface area contributed by atoms with Gasteiger partial charge < -0.3 is 5.11 Å². The van der Waals surface area contributed by atoms with Gasteiger partial charge in [-0.3, -0.25) is 0 Å². The van der Waals surface area contributed by atoms with Gasteiger partial charge in [0.15, 0.2) is 0 Å². The minimum absolute atomic E-state index is 0.180. The van der Waals surface area contributed by atoms with E-state index in [4.69, 9.17) is 11.6 Å². The van der Waals surface area contributed by atoms with Gasteiger partial charge >= 0.3 is 0 Å². The van der Waals surface area contributed by atoms with Crippen LogP contribution in [0.4, 0.5) is 0 Å². The van der Waals surface area contributed by atoms with E-state index in [1.807, 2.05) is 12.1 Å². The van der Waals surface area contributed by atoms with Crippen LogP contribution in [0, 0.1) is 0 Å². The van der Waals surface area contributed by atoms with Crippen molar-refractivity contribution in [1.29, 1.82) is 0 Å². The van der Waals surface area contributed by atoms with Gasteiger partial charge in [0.1, 0.15) is 5.75 Å². The maximum Gasteiger partial charge on any atom is 0.134 e. The Morgan fingerprint density at radius 1 is 1.33 bits per heavy atom. The third kappa shape index (κ3) is 1.29. The average molecular weight is 183 g/mol. The quantitative estimate of drug-likeness (QED) is 0.707. The zero-order chi connectivity index (χ0) is 8.55. The Labute approximate surface area is 77.0 Å². The second-order valence-electron chi connectivity index (χ2n) is 3.34. The highest BCUT2D eigenvalue weighted by molar-refractivity contribution is 6.32. The third-order valence-corrected chi connectivity index (χ3v) is 2.85. The summed E-state index contributed by atoms with van der Waals surface area (Å²) < 4.78 is 0. The summed E-state index contributed by atoms with van der Waals surface area (Å²) in [7, 11) is 0. The second-order valence-corrected chi connectivity index (χ2v) is 3.75. The van der Waals surface area contributed by atoms with Crippen molar-refractivity contribution in [3.63, 3.8) is 0 Å². The van der Waals surface area contributed by atoms with Gasteiger partial charge in [-0.2, -0.15) is 0 Å². The summed E-state index contributed by atoms with van der Waals surface area (Å²) in [6, 6.07) is 5.52. The summed E-state index contributed by atoms with van der Waals surface area (Å²) in [5.41, 5.74) is 1.27. The molecule has 0 radical (unpaired) electrons. The van der Waals surface area contributed by atoms with Crippen LogP contribution in [0.15, 0.2) is 18.2 Å². The molecule has 12 heavy (non-hydrogen) atoms. The third-order valence-electron chi connectivity index (χ3n) is 2.55. The predicted octanol–water partition coefficient (Wildman–Crippen LogP) is 3.31. The maximum absolute atomic E-state index is 9.18. The van der Waals surface area contributed by atoms with Gasteiger partial charge in [-0.1, -0.05) is 24.1 Å². The summed E-state index contributed by atoms with van der Waals surface area (Å²) in [5.74, 6) is 0.864. The largest absolute Gasteiger partial charge is 0.506 e. The molecule has 64 valence electrons. The molecular weight excluding hydrogens is 172 g/mol. The number of phenols is 1. The Morgan fingerprint density at radius 2 is 2.08 bits per heavy atom. The van der Waals surface area contributed by atoms with Crippen LogP contribution in [0.2, 0.25) is 5.02 Å². The van der Waals surface area contributed by atoms with Crippen molar-refractivity contribution in [3.8, 4) is 5.75 Å². The molecular formula is C10H11ClO. The summed E-state index contributed by atoms with van der Waals surface area (Å²) in [6.07, 6.45) is 3.85. The SMILES string of the molecule is Oc1ccc(C2CCC2)cc1Cl. The molecule has 0 saturated heterocycles. The van der Waals surface area contributed by atoms with Crippen molar-refractivity contribution in [3.05, 3.63) is 28.8 Å². The highest BCUT2D eigenvalue weighted by Crippen LogP contribution is 2.38. The van der Waals surface area contributed by atoms with Crippen LogP contribution in [0.3, 0.4) is 0 Å². The summed E-state index contributed by atoms with van der Waals surface area (Å²) in [4.78, 5) is 0. The van der Waals surface area contributed by atoms with Crippen LogP contribution < -0.4 is 0 Å². The molecule has 2 heteroatoms. The fourth-order valence-corrected chi connectivity index (χ4v) is 1.71. The summed E-state index contributed by atoms with van der Waals surface area (Å²) in [6.45, 7) is 0. The summed E-state index contributed by atoms with van der Waals surface area (Å²) >= 11 is 5.79. The van der Waals surface area contributed by atoms with Gasteiger partial charge in [-0.25, -0.2) is 0 Å². The Hall–Kier alpha value is -0.690. The molecule has 1 aromatic carbocycles. The van der Waals surface area contributed by atoms with Crippen molar-refractivity contribution in [1.82, 2.24) is 0 Å². The number of hydrogen-bond donors (Lipinski definition) is 1. The normalized spacial score (nSPS) is 17.4. The Kier molecular flexibility index (Phi) is 1.97. The zero-order valence-electron chi connectivity index (χ0n) is 6.76. The number of hydrogen-bond acceptors (Lipinski definition) is 1. The first kappa shape index (κ1) is 7.93. The van der Waals surface area contributed by atoms with Crippen LogP contribution in [0.5, 0.6) is 5.75 Å². The van der Waals surface area contributed by atoms with Gasteiger partial charge in [0, 0.05) is 0 Å². The van der Waals surface area contributed by atoms with E-state index in [-0.39, 0.29) is 5.75 Å². The number of rotatable bonds is 1. The zero-order valence-corrected chi connectivity index (χ0v) is 7.51. The molecule has 0 atom stereocenters. The lowest BCUT2D eigenvalue weighted by Crippen LogP contribution is -2.08. The lowest BCUT2D eigenvalue weighted by atomic mass is 9.80. The molecule has 0 bridgehead atoms. The highest BCUT2D eigenvalue weighted by atomic mass is 35.5. The van der Waals surface area contributed by atoms with Crippen molar-refractivity contribution >= 4 is 11.6 Å². The summed E-state index contributed by atoms with van der Waals surface area (Å²) in [5, 5.41) is 9.66. The highest BCUT2D eigenvalue weighted by Gasteiger charge is 2.19. The molecule has 1 N–H and O–H groups in total. The second kappa shape index (κ2) is 2.98. The molecule has 0 spiro atoms. The average Bonchev–Trinajstić information content (AvgIpc) is 1.93. The lowest BCUT2D eigenvalue weighted by molar-refractivity contribution is 0.418. The van der Waals surface area contributed by atoms with E-state index in [1.54, 1.807) is 6.07 Å². The topological polar surface area (TPSA) is 20.2 Å². The molecule has 0 aliphatic heterocycles. The predicted molar refractivity (Wildman–Crippen MR) is 49.7 cm³/mol. The van der Waals surface area contributed by atoms with Crippen molar-refractivity contribution in [2.24, 2.45) is 0 Å². The number of phenolic OH excluding ortho intramolecular Hbond substituents is 1. The lowest BCUT2D eigenvalue weighted by Gasteiger charge is -2.25. The molecule has 2 rings (SSSR count). The Bertz CT molecular complexity index is 292. The van der Waals surface area contributed by atoms with Gasteiger partial charge in [-0.15, -0.1) is 0 Å². The van der Waals surface area contributed by atoms with Crippen molar-refractivity contribution in [2.45, 2.75) is 25.2 Å². The van der Waals surface area contributed by atoms with Crippen LogP contribution in [0.1, 0.15) is 30.7 Å². The van der Waals surface area contributed by atoms with E-state index < -0.39 is 0 Å². The van der Waals surface area contributed by atoms with Gasteiger partial charge in [-0.05, 0) is 36.5 Å². The number of halogens is 1. The van der Waals surface area contributed by atoms with E-state index in [0.717, 1.165) is 0 Å². The first-order valence-electron chi connectivity index (χ1n) is 4.26. The van der Waals surface area contributed by atoms with Gasteiger partial charge in [0.2, 0.25) is 0 Å². The van der Waals surface area contributed by atoms with E-state index in [0.29, 0.717) is 10.9 Å². The fraction of sp³-hybridized carbons (Fsp3) is 0.400. The number of benzene rings is 1. The van der Waals surface area contributed by atoms with Crippen LogP contribution in [-0.4, -0.2) is 5.11 Å². The first-order chi connectivity index (χ1) is 5.77. The Morgan fingerprint density at radius 3 is 2.58 bits per heavy atom. The molecule has 0 aromatic heterocycles. The van der Waals surface area contributed by atoms with Gasteiger partial charge in [0.25, 0.3) is 0 Å². The van der Waals surface area contributed by atoms with Crippen LogP contribution in [-0.2, 0) is 0 Å². The van der Waals surface area contributed by atoms with Crippen LogP contribution in [0.25, 0.3) is 0 Å². The molecule has 1 saturated carbocycles. The van der Waals surface area contributed by atoms with Crippen molar-refractivity contribution < 1.29 is 5.11 Å². The number of aromatic hydroxyl groups is 1. The molecule has 0 unspecified atom stereocenters. The molecule has 1 aromatic rings. The molecule has 1 fully saturated rings. The molecule has 1 nitrogen and oxygen atoms in total. The monoisotopic (exact) mass is 182 g/mol. The standard InChI is InChI=1S/C10H11ClO/c11-9-6-8(4-5-10(9)12)7-2-1-3-7/h4-7,12H,1-3H2. The molecule has 1 aliphatic rings. The van der Waals surface area contributed by atoms with Crippen molar-refractivity contribution in [2.75, 3.05) is 0 Å². The van der Waals surface area contributed by atoms with E-state index in [1.165, 1.54) is 24.8 Å². The molecule has 0 heterocycles. The smallest absolute Gasteiger partial charge is 0.134 e.